The van der Waals surface area contributed by atoms with Crippen LogP contribution >= 0.6 is 0 Å². The van der Waals surface area contributed by atoms with Crippen molar-refractivity contribution in [2.45, 2.75) is 12.8 Å². The van der Waals surface area contributed by atoms with Crippen LogP contribution in [0.1, 0.15) is 17.5 Å². The molecule has 0 bridgehead atoms. The summed E-state index contributed by atoms with van der Waals surface area (Å²) in [4.78, 5) is 15.9. The molecule has 0 fully saturated rings. The van der Waals surface area contributed by atoms with Gasteiger partial charge in [-0.2, -0.15) is 9.97 Å². The number of furan rings is 2. The van der Waals surface area contributed by atoms with E-state index in [1.54, 1.807) is 0 Å². The van der Waals surface area contributed by atoms with Gasteiger partial charge in [0.15, 0.2) is 11.6 Å². The third-order valence-corrected chi connectivity index (χ3v) is 12.1. The highest BCUT2D eigenvalue weighted by Gasteiger charge is 2.23. The second kappa shape index (κ2) is 12.3. The van der Waals surface area contributed by atoms with Crippen LogP contribution in [0.25, 0.3) is 122 Å². The van der Waals surface area contributed by atoms with E-state index in [0.717, 1.165) is 106 Å². The molecule has 1 aliphatic rings. The zero-order valence-electron chi connectivity index (χ0n) is 31.7. The van der Waals surface area contributed by atoms with Crippen LogP contribution in [0.4, 0.5) is 0 Å². The molecule has 4 heterocycles. The zero-order valence-corrected chi connectivity index (χ0v) is 31.7. The predicted molar refractivity (Wildman–Crippen MR) is 240 cm³/mol. The van der Waals surface area contributed by atoms with Crippen molar-refractivity contribution >= 4 is 82.5 Å². The van der Waals surface area contributed by atoms with E-state index in [4.69, 9.17) is 23.8 Å². The number of hydrogen-bond donors (Lipinski definition) is 0. The maximum absolute atomic E-state index is 6.47. The van der Waals surface area contributed by atoms with Gasteiger partial charge >= 0.3 is 0 Å². The summed E-state index contributed by atoms with van der Waals surface area (Å²) in [5.41, 5.74) is 12.0. The van der Waals surface area contributed by atoms with Gasteiger partial charge in [0.25, 0.3) is 0 Å². The molecular formula is C53H32N4O2. The van der Waals surface area contributed by atoms with Crippen LogP contribution in [0.3, 0.4) is 0 Å². The van der Waals surface area contributed by atoms with Crippen LogP contribution in [-0.2, 0) is 6.42 Å². The van der Waals surface area contributed by atoms with Crippen molar-refractivity contribution < 1.29 is 8.83 Å². The van der Waals surface area contributed by atoms with Crippen molar-refractivity contribution in [3.8, 4) is 39.9 Å². The molecule has 8 aromatic carbocycles. The lowest BCUT2D eigenvalue weighted by Gasteiger charge is -2.14. The molecule has 0 atom stereocenters. The Labute approximate surface area is 337 Å². The second-order valence-electron chi connectivity index (χ2n) is 15.4. The molecule has 13 rings (SSSR count). The number of benzene rings is 8. The first kappa shape index (κ1) is 32.3. The van der Waals surface area contributed by atoms with Gasteiger partial charge in [-0.05, 0) is 71.3 Å². The molecule has 0 radical (unpaired) electrons. The fourth-order valence-electron chi connectivity index (χ4n) is 9.39. The van der Waals surface area contributed by atoms with Gasteiger partial charge in [-0.3, -0.25) is 4.57 Å². The van der Waals surface area contributed by atoms with E-state index in [-0.39, 0.29) is 0 Å². The Morgan fingerprint density at radius 1 is 0.458 bits per heavy atom. The summed E-state index contributed by atoms with van der Waals surface area (Å²) in [5.74, 6) is 1.69. The Hall–Kier alpha value is -7.83. The summed E-state index contributed by atoms with van der Waals surface area (Å²) in [6, 6.07) is 55.1. The maximum atomic E-state index is 6.47. The molecule has 6 nitrogen and oxygen atoms in total. The standard InChI is InChI=1S/C53H32N4O2/c1-2-13-33(14-3-1)51-54-52(35-22-25-40-39-17-8-9-20-44(39)59-47(40)30-35)56-53(55-51)57-49-37-16-7-5-12-32(37)21-26-42(49)41-19-10-18-38(50(41)57)34-24-27-45-43(29-34)48-36-15-6-4-11-31(36)23-28-46(48)58-45/h1-3,5-10,12-30H,4,11H2. The Kier molecular flexibility index (Phi) is 6.75. The van der Waals surface area contributed by atoms with Gasteiger partial charge in [0.05, 0.1) is 11.0 Å². The van der Waals surface area contributed by atoms with Gasteiger partial charge in [-0.1, -0.05) is 133 Å². The van der Waals surface area contributed by atoms with Crippen molar-refractivity contribution in [1.82, 2.24) is 19.5 Å². The van der Waals surface area contributed by atoms with Crippen molar-refractivity contribution in [2.75, 3.05) is 0 Å². The smallest absolute Gasteiger partial charge is 0.238 e. The van der Waals surface area contributed by atoms with Crippen LogP contribution < -0.4 is 0 Å². The number of para-hydroxylation sites is 2. The van der Waals surface area contributed by atoms with Crippen LogP contribution in [0.5, 0.6) is 0 Å². The highest BCUT2D eigenvalue weighted by molar-refractivity contribution is 6.21. The van der Waals surface area contributed by atoms with Crippen molar-refractivity contribution in [2.24, 2.45) is 0 Å². The van der Waals surface area contributed by atoms with Gasteiger partial charge in [0.1, 0.15) is 22.3 Å². The molecule has 12 aromatic rings. The quantitative estimate of drug-likeness (QED) is 0.179. The highest BCUT2D eigenvalue weighted by Crippen LogP contribution is 2.43. The van der Waals surface area contributed by atoms with E-state index in [1.165, 1.54) is 16.5 Å². The van der Waals surface area contributed by atoms with Gasteiger partial charge in [-0.25, -0.2) is 4.98 Å². The number of aryl methyl sites for hydroxylation is 1. The molecule has 0 N–H and O–H groups in total. The van der Waals surface area contributed by atoms with Gasteiger partial charge in [0.2, 0.25) is 5.95 Å². The first-order valence-corrected chi connectivity index (χ1v) is 20.1. The third kappa shape index (κ3) is 4.83. The van der Waals surface area contributed by atoms with E-state index < -0.39 is 0 Å². The maximum Gasteiger partial charge on any atom is 0.238 e. The van der Waals surface area contributed by atoms with Gasteiger partial charge in [-0.15, -0.1) is 0 Å². The second-order valence-corrected chi connectivity index (χ2v) is 15.4. The van der Waals surface area contributed by atoms with Crippen LogP contribution in [0.15, 0.2) is 173 Å². The molecule has 6 heteroatoms. The molecule has 0 unspecified atom stereocenters. The summed E-state index contributed by atoms with van der Waals surface area (Å²) < 4.78 is 15.1. The Balaban J connectivity index is 1.12. The minimum atomic E-state index is 0.538. The number of nitrogens with zero attached hydrogens (tertiary/aromatic N) is 4. The Morgan fingerprint density at radius 2 is 1.17 bits per heavy atom. The summed E-state index contributed by atoms with van der Waals surface area (Å²) in [7, 11) is 0. The third-order valence-electron chi connectivity index (χ3n) is 12.1. The van der Waals surface area contributed by atoms with E-state index in [0.29, 0.717) is 17.6 Å². The molecule has 0 amide bonds. The Bertz CT molecular complexity index is 3740. The largest absolute Gasteiger partial charge is 0.456 e. The molecule has 59 heavy (non-hydrogen) atoms. The summed E-state index contributed by atoms with van der Waals surface area (Å²) in [5, 5.41) is 8.92. The van der Waals surface area contributed by atoms with Gasteiger partial charge < -0.3 is 8.83 Å². The molecule has 1 aliphatic carbocycles. The monoisotopic (exact) mass is 756 g/mol. The molecule has 0 aliphatic heterocycles. The van der Waals surface area contributed by atoms with E-state index >= 15 is 0 Å². The molecule has 0 spiro atoms. The summed E-state index contributed by atoms with van der Waals surface area (Å²) in [6.45, 7) is 0. The van der Waals surface area contributed by atoms with Crippen LogP contribution in [0, 0.1) is 0 Å². The number of allylic oxidation sites excluding steroid dienone is 1. The minimum absolute atomic E-state index is 0.538. The fourth-order valence-corrected chi connectivity index (χ4v) is 9.39. The van der Waals surface area contributed by atoms with Crippen molar-refractivity contribution in [1.29, 1.82) is 0 Å². The molecular weight excluding hydrogens is 725 g/mol. The molecule has 0 saturated carbocycles. The van der Waals surface area contributed by atoms with E-state index in [9.17, 15) is 0 Å². The van der Waals surface area contributed by atoms with Crippen molar-refractivity contribution in [3.63, 3.8) is 0 Å². The number of aromatic nitrogens is 4. The SMILES string of the molecule is C1=Cc2c(ccc3oc4ccc(-c5cccc6c7ccc8ccccc8c7n(-c7nc(-c8ccccc8)nc(-c8ccc9c(c8)oc8ccccc89)n7)c56)cc4c23)CC1. The normalized spacial score (nSPS) is 12.9. The number of hydrogen-bond acceptors (Lipinski definition) is 5. The number of rotatable bonds is 4. The average Bonchev–Trinajstić information content (AvgIpc) is 3.98. The Morgan fingerprint density at radius 3 is 2.10 bits per heavy atom. The zero-order chi connectivity index (χ0) is 38.6. The lowest BCUT2D eigenvalue weighted by atomic mass is 9.92. The highest BCUT2D eigenvalue weighted by atomic mass is 16.3. The first-order chi connectivity index (χ1) is 29.2. The average molecular weight is 757 g/mol. The van der Waals surface area contributed by atoms with Crippen molar-refractivity contribution in [3.05, 3.63) is 175 Å². The minimum Gasteiger partial charge on any atom is -0.456 e. The van der Waals surface area contributed by atoms with E-state index in [2.05, 4.69) is 132 Å². The summed E-state index contributed by atoms with van der Waals surface area (Å²) in [6.07, 6.45) is 6.63. The lowest BCUT2D eigenvalue weighted by Crippen LogP contribution is -2.07. The molecule has 4 aromatic heterocycles. The fraction of sp³-hybridized carbons (Fsp3) is 0.0377. The lowest BCUT2D eigenvalue weighted by molar-refractivity contribution is 0.668. The van der Waals surface area contributed by atoms with Gasteiger partial charge in [0, 0.05) is 54.4 Å². The van der Waals surface area contributed by atoms with Crippen LogP contribution in [-0.4, -0.2) is 19.5 Å². The first-order valence-electron chi connectivity index (χ1n) is 20.1. The topological polar surface area (TPSA) is 69.9 Å². The predicted octanol–water partition coefficient (Wildman–Crippen LogP) is 13.9. The van der Waals surface area contributed by atoms with E-state index in [1.807, 2.05) is 42.5 Å². The van der Waals surface area contributed by atoms with Crippen LogP contribution in [0.2, 0.25) is 0 Å². The molecule has 0 saturated heterocycles. The number of fused-ring (bicyclic) bond motifs is 13. The molecule has 276 valence electrons. The summed E-state index contributed by atoms with van der Waals surface area (Å²) >= 11 is 0.